The molecule has 0 bridgehead atoms. The van der Waals surface area contributed by atoms with Gasteiger partial charge in [-0.15, -0.1) is 29.3 Å². The molecule has 62 heavy (non-hydrogen) atoms. The summed E-state index contributed by atoms with van der Waals surface area (Å²) in [5.41, 5.74) is 16.0. The third-order valence-corrected chi connectivity index (χ3v) is 12.2. The standard InChI is InChI=1S/C57H58N3O.Pt/c1-11-37(4)40-25-26-51(48(32-40)39-21-16-13-17-22-39)60-52-24-18-23-46(53(52)59-55(60)49-35-45(57(8,9)10)34-47(36(2)3)54(49)61)42-29-43(31-44(30-42)56(5,6)7)50-33-41(27-28-58-50)38-19-14-12-15-20-38;/h12-28,30-37,61H,11H2,1-10H3;/q-1;. The van der Waals surface area contributed by atoms with E-state index in [0.29, 0.717) is 11.7 Å². The molecule has 6 aromatic carbocycles. The fourth-order valence-electron chi connectivity index (χ4n) is 8.26. The van der Waals surface area contributed by atoms with Crippen LogP contribution in [0.3, 0.4) is 0 Å². The van der Waals surface area contributed by atoms with Crippen molar-refractivity contribution in [2.24, 2.45) is 0 Å². The van der Waals surface area contributed by atoms with E-state index in [9.17, 15) is 5.11 Å². The molecular formula is C57H58N3OPt-. The number of phenolic OH excluding ortho intramolecular Hbond substituents is 1. The molecule has 2 aromatic heterocycles. The van der Waals surface area contributed by atoms with E-state index in [4.69, 9.17) is 9.97 Å². The van der Waals surface area contributed by atoms with E-state index in [-0.39, 0.29) is 43.6 Å². The number of aromatic nitrogens is 3. The molecule has 318 valence electrons. The predicted molar refractivity (Wildman–Crippen MR) is 257 cm³/mol. The van der Waals surface area contributed by atoms with Crippen LogP contribution in [-0.2, 0) is 31.9 Å². The maximum absolute atomic E-state index is 12.3. The maximum Gasteiger partial charge on any atom is 0.148 e. The Kier molecular flexibility index (Phi) is 12.7. The largest absolute Gasteiger partial charge is 0.507 e. The molecule has 0 saturated carbocycles. The second kappa shape index (κ2) is 17.7. The Labute approximate surface area is 383 Å². The molecular weight excluding hydrogens is 938 g/mol. The van der Waals surface area contributed by atoms with Crippen molar-refractivity contribution in [3.63, 3.8) is 0 Å². The molecule has 5 heteroatoms. The minimum absolute atomic E-state index is 0. The maximum atomic E-state index is 12.3. The molecule has 0 amide bonds. The Bertz CT molecular complexity index is 2860. The second-order valence-electron chi connectivity index (χ2n) is 19.0. The minimum atomic E-state index is -0.161. The van der Waals surface area contributed by atoms with Crippen LogP contribution in [0.1, 0.15) is 110 Å². The van der Waals surface area contributed by atoms with E-state index in [1.807, 2.05) is 12.3 Å². The van der Waals surface area contributed by atoms with Crippen LogP contribution in [0.25, 0.3) is 72.7 Å². The van der Waals surface area contributed by atoms with Crippen molar-refractivity contribution in [1.82, 2.24) is 14.5 Å². The van der Waals surface area contributed by atoms with Crippen LogP contribution < -0.4 is 0 Å². The number of hydrogen-bond donors (Lipinski definition) is 1. The van der Waals surface area contributed by atoms with Crippen molar-refractivity contribution >= 4 is 11.0 Å². The number of phenols is 1. The zero-order valence-corrected chi connectivity index (χ0v) is 40.0. The Morgan fingerprint density at radius 2 is 1.27 bits per heavy atom. The van der Waals surface area contributed by atoms with Crippen LogP contribution in [0.15, 0.2) is 140 Å². The molecule has 0 radical (unpaired) electrons. The number of benzene rings is 6. The van der Waals surface area contributed by atoms with Crippen molar-refractivity contribution in [2.75, 3.05) is 0 Å². The van der Waals surface area contributed by atoms with Crippen molar-refractivity contribution in [2.45, 2.75) is 98.3 Å². The first-order valence-corrected chi connectivity index (χ1v) is 21.8. The molecule has 0 aliphatic heterocycles. The van der Waals surface area contributed by atoms with Crippen LogP contribution in [0.4, 0.5) is 0 Å². The van der Waals surface area contributed by atoms with E-state index in [1.165, 1.54) is 11.1 Å². The van der Waals surface area contributed by atoms with Gasteiger partial charge in [0, 0.05) is 38.5 Å². The normalized spacial score (nSPS) is 12.4. The zero-order valence-electron chi connectivity index (χ0n) is 37.7. The van der Waals surface area contributed by atoms with Gasteiger partial charge in [0.25, 0.3) is 0 Å². The molecule has 0 aliphatic carbocycles. The van der Waals surface area contributed by atoms with E-state index < -0.39 is 0 Å². The number of hydrogen-bond acceptors (Lipinski definition) is 3. The summed E-state index contributed by atoms with van der Waals surface area (Å²) in [6.07, 6.45) is 2.93. The van der Waals surface area contributed by atoms with Crippen LogP contribution in [0.2, 0.25) is 0 Å². The monoisotopic (exact) mass is 995 g/mol. The first-order valence-electron chi connectivity index (χ1n) is 21.8. The molecule has 1 atom stereocenters. The average Bonchev–Trinajstić information content (AvgIpc) is 3.65. The number of rotatable bonds is 9. The smallest absolute Gasteiger partial charge is 0.148 e. The van der Waals surface area contributed by atoms with Gasteiger partial charge in [0.15, 0.2) is 0 Å². The van der Waals surface area contributed by atoms with Gasteiger partial charge in [-0.1, -0.05) is 171 Å². The summed E-state index contributed by atoms with van der Waals surface area (Å²) < 4.78 is 2.28. The van der Waals surface area contributed by atoms with Crippen molar-refractivity contribution in [3.05, 3.63) is 168 Å². The van der Waals surface area contributed by atoms with E-state index >= 15 is 0 Å². The molecule has 0 spiro atoms. The Morgan fingerprint density at radius 3 is 1.92 bits per heavy atom. The number of aromatic hydroxyl groups is 1. The van der Waals surface area contributed by atoms with E-state index in [2.05, 4.69) is 207 Å². The molecule has 8 rings (SSSR count). The molecule has 2 heterocycles. The van der Waals surface area contributed by atoms with Gasteiger partial charge >= 0.3 is 0 Å². The Hall–Kier alpha value is -5.57. The van der Waals surface area contributed by atoms with Gasteiger partial charge in [0.1, 0.15) is 11.6 Å². The van der Waals surface area contributed by atoms with Gasteiger partial charge in [-0.25, -0.2) is 4.98 Å². The summed E-state index contributed by atoms with van der Waals surface area (Å²) in [6, 6.07) is 51.3. The molecule has 0 aliphatic rings. The first kappa shape index (κ1) is 44.5. The van der Waals surface area contributed by atoms with Gasteiger partial charge in [0.05, 0.1) is 22.3 Å². The van der Waals surface area contributed by atoms with Crippen molar-refractivity contribution < 1.29 is 26.2 Å². The minimum Gasteiger partial charge on any atom is -0.507 e. The fraction of sp³-hybridized carbons (Fsp3) is 0.263. The van der Waals surface area contributed by atoms with E-state index in [1.54, 1.807) is 0 Å². The van der Waals surface area contributed by atoms with E-state index in [0.717, 1.165) is 84.5 Å². The number of nitrogens with zero attached hydrogens (tertiary/aromatic N) is 3. The molecule has 0 saturated heterocycles. The molecule has 1 N–H and O–H groups in total. The van der Waals surface area contributed by atoms with Gasteiger partial charge in [0.2, 0.25) is 0 Å². The quantitative estimate of drug-likeness (QED) is 0.147. The first-order chi connectivity index (χ1) is 29.1. The van der Waals surface area contributed by atoms with Crippen LogP contribution in [0.5, 0.6) is 5.75 Å². The number of para-hydroxylation sites is 1. The van der Waals surface area contributed by atoms with Crippen molar-refractivity contribution in [3.8, 4) is 67.5 Å². The molecule has 4 nitrogen and oxygen atoms in total. The van der Waals surface area contributed by atoms with Crippen molar-refractivity contribution in [1.29, 1.82) is 0 Å². The number of imidazole rings is 1. The number of pyridine rings is 1. The zero-order chi connectivity index (χ0) is 43.2. The second-order valence-corrected chi connectivity index (χ2v) is 19.0. The summed E-state index contributed by atoms with van der Waals surface area (Å²) >= 11 is 0. The summed E-state index contributed by atoms with van der Waals surface area (Å²) in [5, 5.41) is 12.3. The Balaban J connectivity index is 0.00000578. The van der Waals surface area contributed by atoms with Gasteiger partial charge < -0.3 is 5.11 Å². The third kappa shape index (κ3) is 8.73. The molecule has 8 aromatic rings. The summed E-state index contributed by atoms with van der Waals surface area (Å²) in [7, 11) is 0. The van der Waals surface area contributed by atoms with Crippen LogP contribution in [-0.4, -0.2) is 19.6 Å². The van der Waals surface area contributed by atoms with Gasteiger partial charge in [-0.3, -0.25) is 9.55 Å². The fourth-order valence-corrected chi connectivity index (χ4v) is 8.26. The predicted octanol–water partition coefficient (Wildman–Crippen LogP) is 15.5. The summed E-state index contributed by atoms with van der Waals surface area (Å²) in [4.78, 5) is 10.5. The topological polar surface area (TPSA) is 50.9 Å². The molecule has 1 unspecified atom stereocenters. The van der Waals surface area contributed by atoms with Gasteiger partial charge in [-0.05, 0) is 92.8 Å². The van der Waals surface area contributed by atoms with Crippen LogP contribution >= 0.6 is 0 Å². The summed E-state index contributed by atoms with van der Waals surface area (Å²) in [5.74, 6) is 1.47. The van der Waals surface area contributed by atoms with Gasteiger partial charge in [-0.2, -0.15) is 0 Å². The van der Waals surface area contributed by atoms with Crippen LogP contribution in [0, 0.1) is 6.07 Å². The Morgan fingerprint density at radius 1 is 0.629 bits per heavy atom. The third-order valence-electron chi connectivity index (χ3n) is 12.2. The number of fused-ring (bicyclic) bond motifs is 1. The molecule has 0 fully saturated rings. The average molecular weight is 996 g/mol. The summed E-state index contributed by atoms with van der Waals surface area (Å²) in [6.45, 7) is 22.3. The SMILES string of the molecule is CCC(C)c1ccc(-n2c(-c3cc(C(C)(C)C)cc(C(C)C)c3O)nc3c(-c4[c-]c(-c5cc(-c6ccccc6)ccn5)cc(C(C)(C)C)c4)cccc32)c(-c2ccccc2)c1.[Pt].